The van der Waals surface area contributed by atoms with Gasteiger partial charge in [0.25, 0.3) is 0 Å². The number of rotatable bonds is 4. The van der Waals surface area contributed by atoms with Crippen LogP contribution < -0.4 is 5.32 Å². The predicted molar refractivity (Wildman–Crippen MR) is 81.5 cm³/mol. The molecule has 0 radical (unpaired) electrons. The zero-order valence-electron chi connectivity index (χ0n) is 12.4. The molecule has 1 atom stereocenters. The summed E-state index contributed by atoms with van der Waals surface area (Å²) in [7, 11) is 2.05. The highest BCUT2D eigenvalue weighted by Crippen LogP contribution is 2.29. The van der Waals surface area contributed by atoms with Crippen molar-refractivity contribution in [3.8, 4) is 0 Å². The average Bonchev–Trinajstić information content (AvgIpc) is 2.88. The molecule has 1 N–H and O–H groups in total. The topological polar surface area (TPSA) is 29.9 Å². The fourth-order valence-corrected chi connectivity index (χ4v) is 3.05. The normalized spacial score (nSPS) is 18.0. The van der Waals surface area contributed by atoms with Crippen LogP contribution >= 0.6 is 0 Å². The van der Waals surface area contributed by atoms with Crippen LogP contribution in [-0.2, 0) is 26.4 Å². The first-order valence-electron chi connectivity index (χ1n) is 7.60. The lowest BCUT2D eigenvalue weighted by molar-refractivity contribution is 0.452. The van der Waals surface area contributed by atoms with Gasteiger partial charge in [-0.25, -0.2) is 0 Å². The van der Waals surface area contributed by atoms with Gasteiger partial charge < -0.3 is 5.32 Å². The van der Waals surface area contributed by atoms with Crippen LogP contribution in [0.5, 0.6) is 0 Å². The largest absolute Gasteiger partial charge is 0.306 e. The van der Waals surface area contributed by atoms with Crippen LogP contribution in [0, 0.1) is 0 Å². The van der Waals surface area contributed by atoms with E-state index in [1.165, 1.54) is 35.2 Å². The van der Waals surface area contributed by atoms with Crippen molar-refractivity contribution >= 4 is 0 Å². The van der Waals surface area contributed by atoms with Crippen molar-refractivity contribution in [1.29, 1.82) is 0 Å². The Morgan fingerprint density at radius 2 is 2.00 bits per heavy atom. The fourth-order valence-electron chi connectivity index (χ4n) is 3.05. The van der Waals surface area contributed by atoms with E-state index < -0.39 is 0 Å². The number of fused-ring (bicyclic) bond motifs is 1. The Hall–Kier alpha value is -1.61. The summed E-state index contributed by atoms with van der Waals surface area (Å²) in [5.74, 6) is 0. The quantitative estimate of drug-likeness (QED) is 0.924. The summed E-state index contributed by atoms with van der Waals surface area (Å²) in [6, 6.07) is 9.39. The lowest BCUT2D eigenvalue weighted by Gasteiger charge is -2.24. The van der Waals surface area contributed by atoms with Gasteiger partial charge in [0.1, 0.15) is 0 Å². The van der Waals surface area contributed by atoms with Gasteiger partial charge in [0.05, 0.1) is 6.20 Å². The molecule has 20 heavy (non-hydrogen) atoms. The van der Waals surface area contributed by atoms with Gasteiger partial charge in [-0.1, -0.05) is 31.2 Å². The second-order valence-electron chi connectivity index (χ2n) is 5.67. The smallest absolute Gasteiger partial charge is 0.0540 e. The van der Waals surface area contributed by atoms with Crippen LogP contribution in [-0.4, -0.2) is 9.78 Å². The van der Waals surface area contributed by atoms with E-state index in [9.17, 15) is 0 Å². The van der Waals surface area contributed by atoms with Gasteiger partial charge in [-0.05, 0) is 36.8 Å². The monoisotopic (exact) mass is 269 g/mol. The SMILES string of the molecule is CCc1ccc(CNC2CCCc3c2cnn3C)cc1. The number of nitrogens with zero attached hydrogens (tertiary/aromatic N) is 2. The molecule has 0 bridgehead atoms. The van der Waals surface area contributed by atoms with Crippen LogP contribution in [0.4, 0.5) is 0 Å². The van der Waals surface area contributed by atoms with Crippen molar-refractivity contribution in [3.63, 3.8) is 0 Å². The van der Waals surface area contributed by atoms with Gasteiger partial charge in [0.15, 0.2) is 0 Å². The Kier molecular flexibility index (Phi) is 3.88. The number of benzene rings is 1. The first-order chi connectivity index (χ1) is 9.78. The van der Waals surface area contributed by atoms with Crippen LogP contribution in [0.1, 0.15) is 48.2 Å². The van der Waals surface area contributed by atoms with Crippen molar-refractivity contribution < 1.29 is 0 Å². The molecule has 2 aromatic rings. The molecule has 0 aliphatic heterocycles. The number of aromatic nitrogens is 2. The van der Waals surface area contributed by atoms with Gasteiger partial charge >= 0.3 is 0 Å². The Balaban J connectivity index is 1.66. The molecule has 3 heteroatoms. The maximum atomic E-state index is 4.40. The summed E-state index contributed by atoms with van der Waals surface area (Å²) in [6.45, 7) is 3.13. The number of hydrogen-bond acceptors (Lipinski definition) is 2. The van der Waals surface area contributed by atoms with Crippen LogP contribution in [0.25, 0.3) is 0 Å². The van der Waals surface area contributed by atoms with E-state index in [4.69, 9.17) is 0 Å². The highest BCUT2D eigenvalue weighted by Gasteiger charge is 2.22. The van der Waals surface area contributed by atoms with E-state index in [0.717, 1.165) is 19.4 Å². The molecule has 3 nitrogen and oxygen atoms in total. The third-order valence-electron chi connectivity index (χ3n) is 4.36. The third-order valence-corrected chi connectivity index (χ3v) is 4.36. The summed E-state index contributed by atoms with van der Waals surface area (Å²) in [4.78, 5) is 0. The molecule has 0 amide bonds. The van der Waals surface area contributed by atoms with Gasteiger partial charge in [-0.15, -0.1) is 0 Å². The Labute approximate surface area is 121 Å². The Morgan fingerprint density at radius 1 is 1.25 bits per heavy atom. The summed E-state index contributed by atoms with van der Waals surface area (Å²) in [5.41, 5.74) is 5.55. The maximum Gasteiger partial charge on any atom is 0.0540 e. The average molecular weight is 269 g/mol. The first kappa shape index (κ1) is 13.4. The summed E-state index contributed by atoms with van der Waals surface area (Å²) >= 11 is 0. The van der Waals surface area contributed by atoms with Crippen molar-refractivity contribution in [2.75, 3.05) is 0 Å². The molecule has 1 unspecified atom stereocenters. The molecule has 1 aliphatic carbocycles. The molecule has 1 aromatic heterocycles. The van der Waals surface area contributed by atoms with Crippen LogP contribution in [0.15, 0.2) is 30.5 Å². The van der Waals surface area contributed by atoms with Gasteiger partial charge in [-0.2, -0.15) is 5.10 Å². The fraction of sp³-hybridized carbons (Fsp3) is 0.471. The van der Waals surface area contributed by atoms with Gasteiger partial charge in [0, 0.05) is 30.9 Å². The molecule has 0 saturated heterocycles. The first-order valence-corrected chi connectivity index (χ1v) is 7.60. The summed E-state index contributed by atoms with van der Waals surface area (Å²) < 4.78 is 2.03. The zero-order valence-corrected chi connectivity index (χ0v) is 12.4. The molecule has 3 rings (SSSR count). The molecular weight excluding hydrogens is 246 g/mol. The van der Waals surface area contributed by atoms with Crippen molar-refractivity contribution in [3.05, 3.63) is 52.8 Å². The Morgan fingerprint density at radius 3 is 2.75 bits per heavy atom. The van der Waals surface area contributed by atoms with E-state index in [2.05, 4.69) is 41.6 Å². The second kappa shape index (κ2) is 5.80. The minimum atomic E-state index is 0.457. The minimum Gasteiger partial charge on any atom is -0.306 e. The van der Waals surface area contributed by atoms with E-state index in [-0.39, 0.29) is 0 Å². The van der Waals surface area contributed by atoms with E-state index >= 15 is 0 Å². The molecule has 1 heterocycles. The molecule has 0 saturated carbocycles. The Bertz CT molecular complexity index is 568. The van der Waals surface area contributed by atoms with Crippen molar-refractivity contribution in [2.24, 2.45) is 7.05 Å². The van der Waals surface area contributed by atoms with Crippen LogP contribution in [0.2, 0.25) is 0 Å². The molecule has 1 aliphatic rings. The number of nitrogens with one attached hydrogen (secondary N) is 1. The zero-order chi connectivity index (χ0) is 13.9. The molecule has 106 valence electrons. The molecule has 1 aromatic carbocycles. The molecule has 0 fully saturated rings. The standard InChI is InChI=1S/C17H23N3/c1-3-13-7-9-14(10-8-13)11-18-16-5-4-6-17-15(16)12-19-20(17)2/h7-10,12,16,18H,3-6,11H2,1-2H3. The predicted octanol–water partition coefficient (Wildman–Crippen LogP) is 3.15. The highest BCUT2D eigenvalue weighted by atomic mass is 15.3. The molecule has 0 spiro atoms. The van der Waals surface area contributed by atoms with Crippen molar-refractivity contribution in [1.82, 2.24) is 15.1 Å². The minimum absolute atomic E-state index is 0.457. The van der Waals surface area contributed by atoms with E-state index in [1.807, 2.05) is 17.9 Å². The lowest BCUT2D eigenvalue weighted by Crippen LogP contribution is -2.24. The second-order valence-corrected chi connectivity index (χ2v) is 5.67. The number of hydrogen-bond donors (Lipinski definition) is 1. The van der Waals surface area contributed by atoms with Crippen molar-refractivity contribution in [2.45, 2.75) is 45.2 Å². The molecular formula is C17H23N3. The maximum absolute atomic E-state index is 4.40. The van der Waals surface area contributed by atoms with E-state index in [1.54, 1.807) is 0 Å². The van der Waals surface area contributed by atoms with Crippen LogP contribution in [0.3, 0.4) is 0 Å². The highest BCUT2D eigenvalue weighted by molar-refractivity contribution is 5.26. The van der Waals surface area contributed by atoms with Gasteiger partial charge in [-0.3, -0.25) is 4.68 Å². The van der Waals surface area contributed by atoms with Gasteiger partial charge in [0.2, 0.25) is 0 Å². The summed E-state index contributed by atoms with van der Waals surface area (Å²) in [6.07, 6.45) is 6.77. The third kappa shape index (κ3) is 2.63. The number of aryl methyl sites for hydroxylation is 2. The van der Waals surface area contributed by atoms with E-state index in [0.29, 0.717) is 6.04 Å². The lowest BCUT2D eigenvalue weighted by atomic mass is 9.93. The summed E-state index contributed by atoms with van der Waals surface area (Å²) in [5, 5.41) is 8.09.